The highest BCUT2D eigenvalue weighted by Crippen LogP contribution is 2.18. The summed E-state index contributed by atoms with van der Waals surface area (Å²) in [5.41, 5.74) is 2.24. The highest BCUT2D eigenvalue weighted by Gasteiger charge is 2.09. The zero-order valence-electron chi connectivity index (χ0n) is 9.71. The maximum atomic E-state index is 12.1. The van der Waals surface area contributed by atoms with Crippen molar-refractivity contribution in [3.8, 4) is 0 Å². The average molecular weight is 325 g/mol. The molecule has 2 aromatic carbocycles. The van der Waals surface area contributed by atoms with Crippen LogP contribution < -0.4 is 5.32 Å². The molecule has 2 aromatic rings. The van der Waals surface area contributed by atoms with Crippen LogP contribution >= 0.6 is 27.5 Å². The van der Waals surface area contributed by atoms with E-state index in [1.54, 1.807) is 12.1 Å². The topological polar surface area (TPSA) is 29.1 Å². The van der Waals surface area contributed by atoms with Gasteiger partial charge in [-0.25, -0.2) is 0 Å². The first-order valence-electron chi connectivity index (χ1n) is 5.39. The minimum atomic E-state index is -0.155. The predicted molar refractivity (Wildman–Crippen MR) is 78.3 cm³/mol. The Hall–Kier alpha value is -1.32. The molecule has 0 heterocycles. The smallest absolute Gasteiger partial charge is 0.255 e. The normalized spacial score (nSPS) is 10.2. The van der Waals surface area contributed by atoms with Gasteiger partial charge in [0.05, 0.1) is 0 Å². The van der Waals surface area contributed by atoms with Crippen molar-refractivity contribution in [2.45, 2.75) is 6.92 Å². The van der Waals surface area contributed by atoms with Crippen LogP contribution in [-0.4, -0.2) is 5.91 Å². The Bertz CT molecular complexity index is 581. The molecule has 0 bridgehead atoms. The number of anilines is 1. The number of amides is 1. The first-order chi connectivity index (χ1) is 8.56. The fraction of sp³-hybridized carbons (Fsp3) is 0.0714. The van der Waals surface area contributed by atoms with Gasteiger partial charge >= 0.3 is 0 Å². The highest BCUT2D eigenvalue weighted by atomic mass is 79.9. The number of benzene rings is 2. The molecular formula is C14H11BrClNO. The summed E-state index contributed by atoms with van der Waals surface area (Å²) in [7, 11) is 0. The summed E-state index contributed by atoms with van der Waals surface area (Å²) in [6.07, 6.45) is 0. The van der Waals surface area contributed by atoms with E-state index >= 15 is 0 Å². The van der Waals surface area contributed by atoms with Crippen LogP contribution in [0.5, 0.6) is 0 Å². The molecule has 0 saturated heterocycles. The van der Waals surface area contributed by atoms with Crippen molar-refractivity contribution in [1.29, 1.82) is 0 Å². The summed E-state index contributed by atoms with van der Waals surface area (Å²) in [4.78, 5) is 12.1. The Balaban J connectivity index is 2.21. The van der Waals surface area contributed by atoms with Crippen LogP contribution in [0.15, 0.2) is 46.9 Å². The largest absolute Gasteiger partial charge is 0.322 e. The summed E-state index contributed by atoms with van der Waals surface area (Å²) in [5.74, 6) is -0.155. The Morgan fingerprint density at radius 2 is 1.83 bits per heavy atom. The molecule has 0 aliphatic heterocycles. The van der Waals surface area contributed by atoms with E-state index in [4.69, 9.17) is 11.6 Å². The van der Waals surface area contributed by atoms with Gasteiger partial charge in [0.2, 0.25) is 0 Å². The van der Waals surface area contributed by atoms with Crippen molar-refractivity contribution in [1.82, 2.24) is 0 Å². The van der Waals surface area contributed by atoms with Gasteiger partial charge in [0.1, 0.15) is 0 Å². The van der Waals surface area contributed by atoms with Gasteiger partial charge in [-0.05, 0) is 48.9 Å². The van der Waals surface area contributed by atoms with E-state index in [-0.39, 0.29) is 5.91 Å². The minimum absolute atomic E-state index is 0.155. The van der Waals surface area contributed by atoms with Crippen molar-refractivity contribution >= 4 is 39.1 Å². The van der Waals surface area contributed by atoms with Crippen LogP contribution in [0.4, 0.5) is 5.69 Å². The first kappa shape index (κ1) is 13.1. The van der Waals surface area contributed by atoms with Crippen molar-refractivity contribution in [3.63, 3.8) is 0 Å². The summed E-state index contributed by atoms with van der Waals surface area (Å²) in [5, 5.41) is 3.39. The molecule has 18 heavy (non-hydrogen) atoms. The maximum absolute atomic E-state index is 12.1. The number of hydrogen-bond acceptors (Lipinski definition) is 1. The van der Waals surface area contributed by atoms with E-state index in [9.17, 15) is 4.79 Å². The van der Waals surface area contributed by atoms with E-state index in [1.807, 2.05) is 37.3 Å². The van der Waals surface area contributed by atoms with Gasteiger partial charge in [-0.3, -0.25) is 4.79 Å². The van der Waals surface area contributed by atoms with Crippen molar-refractivity contribution in [2.75, 3.05) is 5.32 Å². The lowest BCUT2D eigenvalue weighted by Crippen LogP contribution is -2.13. The summed E-state index contributed by atoms with van der Waals surface area (Å²) < 4.78 is 0.972. The molecule has 92 valence electrons. The van der Waals surface area contributed by atoms with Crippen molar-refractivity contribution < 1.29 is 4.79 Å². The third-order valence-electron chi connectivity index (χ3n) is 2.55. The number of rotatable bonds is 2. The van der Waals surface area contributed by atoms with Crippen LogP contribution in [0, 0.1) is 6.92 Å². The van der Waals surface area contributed by atoms with Crippen LogP contribution in [0.2, 0.25) is 5.02 Å². The van der Waals surface area contributed by atoms with E-state index in [0.717, 1.165) is 15.7 Å². The molecule has 0 fully saturated rings. The quantitative estimate of drug-likeness (QED) is 0.855. The molecular weight excluding hydrogens is 314 g/mol. The van der Waals surface area contributed by atoms with Gasteiger partial charge in [0.15, 0.2) is 0 Å². The molecule has 0 aromatic heterocycles. The van der Waals surface area contributed by atoms with Gasteiger partial charge in [0.25, 0.3) is 5.91 Å². The average Bonchev–Trinajstić information content (AvgIpc) is 2.35. The monoisotopic (exact) mass is 323 g/mol. The summed E-state index contributed by atoms with van der Waals surface area (Å²) >= 11 is 9.25. The van der Waals surface area contributed by atoms with Gasteiger partial charge in [-0.15, -0.1) is 0 Å². The molecule has 1 amide bonds. The third-order valence-corrected chi connectivity index (χ3v) is 3.31. The number of aryl methyl sites for hydroxylation is 1. The lowest BCUT2D eigenvalue weighted by Gasteiger charge is -2.08. The summed E-state index contributed by atoms with van der Waals surface area (Å²) in [6, 6.07) is 12.7. The molecule has 0 saturated carbocycles. The molecule has 2 rings (SSSR count). The second kappa shape index (κ2) is 5.55. The van der Waals surface area contributed by atoms with E-state index < -0.39 is 0 Å². The molecule has 4 heteroatoms. The lowest BCUT2D eigenvalue weighted by molar-refractivity contribution is 0.102. The SMILES string of the molecule is Cc1ccc(Cl)cc1C(=O)Nc1ccc(Br)cc1. The second-order valence-electron chi connectivity index (χ2n) is 3.92. The zero-order valence-corrected chi connectivity index (χ0v) is 12.0. The van der Waals surface area contributed by atoms with E-state index in [1.165, 1.54) is 0 Å². The molecule has 0 spiro atoms. The van der Waals surface area contributed by atoms with Gasteiger partial charge in [-0.1, -0.05) is 33.6 Å². The van der Waals surface area contributed by atoms with Crippen molar-refractivity contribution in [2.24, 2.45) is 0 Å². The van der Waals surface area contributed by atoms with Gasteiger partial charge in [-0.2, -0.15) is 0 Å². The highest BCUT2D eigenvalue weighted by molar-refractivity contribution is 9.10. The Labute approximate surface area is 119 Å². The molecule has 0 aliphatic carbocycles. The Morgan fingerprint density at radius 3 is 2.50 bits per heavy atom. The number of carbonyl (C=O) groups excluding carboxylic acids is 1. The standard InChI is InChI=1S/C14H11BrClNO/c1-9-2-5-11(16)8-13(9)14(18)17-12-6-3-10(15)4-7-12/h2-8H,1H3,(H,17,18). The minimum Gasteiger partial charge on any atom is -0.322 e. The second-order valence-corrected chi connectivity index (χ2v) is 5.27. The van der Waals surface area contributed by atoms with Crippen molar-refractivity contribution in [3.05, 3.63) is 63.1 Å². The fourth-order valence-electron chi connectivity index (χ4n) is 1.57. The molecule has 1 N–H and O–H groups in total. The maximum Gasteiger partial charge on any atom is 0.255 e. The third kappa shape index (κ3) is 3.12. The number of nitrogens with one attached hydrogen (secondary N) is 1. The van der Waals surface area contributed by atoms with Crippen LogP contribution in [0.1, 0.15) is 15.9 Å². The molecule has 0 aliphatic rings. The van der Waals surface area contributed by atoms with E-state index in [2.05, 4.69) is 21.2 Å². The zero-order chi connectivity index (χ0) is 13.1. The van der Waals surface area contributed by atoms with Gasteiger partial charge < -0.3 is 5.32 Å². The van der Waals surface area contributed by atoms with Gasteiger partial charge in [0, 0.05) is 20.7 Å². The number of hydrogen-bond donors (Lipinski definition) is 1. The predicted octanol–water partition coefficient (Wildman–Crippen LogP) is 4.66. The molecule has 2 nitrogen and oxygen atoms in total. The molecule has 0 unspecified atom stereocenters. The fourth-order valence-corrected chi connectivity index (χ4v) is 2.01. The first-order valence-corrected chi connectivity index (χ1v) is 6.56. The number of carbonyl (C=O) groups is 1. The Kier molecular flexibility index (Phi) is 4.04. The number of halogens is 2. The Morgan fingerprint density at radius 1 is 1.17 bits per heavy atom. The van der Waals surface area contributed by atoms with Crippen LogP contribution in [-0.2, 0) is 0 Å². The lowest BCUT2D eigenvalue weighted by atomic mass is 10.1. The van der Waals surface area contributed by atoms with Crippen LogP contribution in [0.25, 0.3) is 0 Å². The summed E-state index contributed by atoms with van der Waals surface area (Å²) in [6.45, 7) is 1.88. The van der Waals surface area contributed by atoms with Crippen LogP contribution in [0.3, 0.4) is 0 Å². The molecule has 0 atom stereocenters. The van der Waals surface area contributed by atoms with E-state index in [0.29, 0.717) is 10.6 Å². The molecule has 0 radical (unpaired) electrons.